The van der Waals surface area contributed by atoms with E-state index < -0.39 is 12.1 Å². The van der Waals surface area contributed by atoms with E-state index in [2.05, 4.69) is 25.5 Å². The van der Waals surface area contributed by atoms with Crippen LogP contribution in [0.1, 0.15) is 53.9 Å². The predicted molar refractivity (Wildman–Crippen MR) is 128 cm³/mol. The minimum atomic E-state index is -5.08. The van der Waals surface area contributed by atoms with Crippen LogP contribution < -0.4 is 15.5 Å². The lowest BCUT2D eigenvalue weighted by molar-refractivity contribution is -0.192. The summed E-state index contributed by atoms with van der Waals surface area (Å²) in [5.74, 6) is -0.628. The zero-order valence-corrected chi connectivity index (χ0v) is 20.5. The lowest BCUT2D eigenvalue weighted by Gasteiger charge is -2.19. The summed E-state index contributed by atoms with van der Waals surface area (Å²) in [6, 6.07) is 2.13. The third-order valence-electron chi connectivity index (χ3n) is 5.67. The summed E-state index contributed by atoms with van der Waals surface area (Å²) in [6.07, 6.45) is 2.79. The van der Waals surface area contributed by atoms with Gasteiger partial charge in [-0.05, 0) is 63.1 Å². The molecule has 2 aromatic heterocycles. The second kappa shape index (κ2) is 11.5. The Morgan fingerprint density at radius 2 is 1.78 bits per heavy atom. The average molecular weight is 509 g/mol. The fourth-order valence-electron chi connectivity index (χ4n) is 3.59. The summed E-state index contributed by atoms with van der Waals surface area (Å²) < 4.78 is 31.7. The highest BCUT2D eigenvalue weighted by Crippen LogP contribution is 2.30. The Balaban J connectivity index is 0.000000454. The second-order valence-corrected chi connectivity index (χ2v) is 9.29. The Morgan fingerprint density at radius 3 is 2.33 bits per heavy atom. The molecule has 2 aromatic rings. The summed E-state index contributed by atoms with van der Waals surface area (Å²) >= 11 is 0. The number of nitrogens with one attached hydrogen (secondary N) is 2. The van der Waals surface area contributed by atoms with Crippen LogP contribution in [-0.2, 0) is 17.6 Å². The molecule has 3 N–H and O–H groups in total. The van der Waals surface area contributed by atoms with Crippen LogP contribution in [0.3, 0.4) is 0 Å². The fraction of sp³-hybridized carbons (Fsp3) is 0.542. The van der Waals surface area contributed by atoms with Crippen LogP contribution in [-0.4, -0.2) is 63.8 Å². The number of aliphatic carboxylic acids is 1. The van der Waals surface area contributed by atoms with Crippen molar-refractivity contribution in [3.63, 3.8) is 0 Å². The number of carboxylic acid groups (broad SMARTS) is 1. The number of halogens is 3. The molecule has 9 nitrogen and oxygen atoms in total. The van der Waals surface area contributed by atoms with E-state index in [-0.39, 0.29) is 11.9 Å². The molecule has 1 aliphatic carbocycles. The molecule has 3 heterocycles. The zero-order valence-electron chi connectivity index (χ0n) is 20.5. The van der Waals surface area contributed by atoms with Gasteiger partial charge in [0.2, 0.25) is 5.95 Å². The minimum Gasteiger partial charge on any atom is -0.475 e. The summed E-state index contributed by atoms with van der Waals surface area (Å²) in [4.78, 5) is 37.8. The zero-order chi connectivity index (χ0) is 26.5. The first-order chi connectivity index (χ1) is 16.9. The fourth-order valence-corrected chi connectivity index (χ4v) is 3.59. The van der Waals surface area contributed by atoms with Crippen LogP contribution in [0.2, 0.25) is 0 Å². The van der Waals surface area contributed by atoms with Gasteiger partial charge in [-0.3, -0.25) is 4.79 Å². The van der Waals surface area contributed by atoms with E-state index in [1.54, 1.807) is 0 Å². The number of pyridine rings is 1. The number of carbonyl (C=O) groups is 2. The number of rotatable bonds is 6. The van der Waals surface area contributed by atoms with Gasteiger partial charge in [-0.25, -0.2) is 19.7 Å². The highest BCUT2D eigenvalue weighted by Gasteiger charge is 2.38. The molecule has 1 aliphatic heterocycles. The van der Waals surface area contributed by atoms with Gasteiger partial charge in [0.05, 0.1) is 5.56 Å². The predicted octanol–water partition coefficient (Wildman–Crippen LogP) is 3.38. The van der Waals surface area contributed by atoms with Gasteiger partial charge in [0.1, 0.15) is 5.82 Å². The number of anilines is 2. The normalized spacial score (nSPS) is 15.4. The van der Waals surface area contributed by atoms with Gasteiger partial charge in [0.15, 0.2) is 0 Å². The lowest BCUT2D eigenvalue weighted by atomic mass is 10.0. The highest BCUT2D eigenvalue weighted by atomic mass is 19.4. The van der Waals surface area contributed by atoms with Crippen molar-refractivity contribution in [3.8, 4) is 0 Å². The summed E-state index contributed by atoms with van der Waals surface area (Å²) in [5.41, 5.74) is 3.92. The number of alkyl halides is 3. The van der Waals surface area contributed by atoms with Gasteiger partial charge in [0, 0.05) is 50.2 Å². The first-order valence-electron chi connectivity index (χ1n) is 11.8. The van der Waals surface area contributed by atoms with Crippen molar-refractivity contribution in [2.75, 3.05) is 29.9 Å². The number of aromatic nitrogens is 3. The van der Waals surface area contributed by atoms with E-state index >= 15 is 0 Å². The average Bonchev–Trinajstić information content (AvgIpc) is 3.64. The van der Waals surface area contributed by atoms with Gasteiger partial charge >= 0.3 is 12.1 Å². The van der Waals surface area contributed by atoms with Crippen molar-refractivity contribution in [3.05, 3.63) is 40.8 Å². The third kappa shape index (κ3) is 7.79. The highest BCUT2D eigenvalue weighted by molar-refractivity contribution is 5.99. The van der Waals surface area contributed by atoms with Crippen molar-refractivity contribution < 1.29 is 27.9 Å². The van der Waals surface area contributed by atoms with Gasteiger partial charge < -0.3 is 20.6 Å². The molecule has 0 bridgehead atoms. The third-order valence-corrected chi connectivity index (χ3v) is 5.67. The van der Waals surface area contributed by atoms with Crippen molar-refractivity contribution >= 4 is 23.6 Å². The number of aryl methyl sites for hydroxylation is 1. The molecule has 1 fully saturated rings. The molecule has 196 valence electrons. The quantitative estimate of drug-likeness (QED) is 0.543. The molecule has 0 saturated heterocycles. The Labute approximate surface area is 207 Å². The summed E-state index contributed by atoms with van der Waals surface area (Å²) in [5, 5.41) is 13.6. The van der Waals surface area contributed by atoms with Gasteiger partial charge in [0.25, 0.3) is 5.91 Å². The first kappa shape index (κ1) is 27.2. The molecule has 1 saturated carbocycles. The molecule has 0 aromatic carbocycles. The number of fused-ring (bicyclic) bond motifs is 1. The van der Waals surface area contributed by atoms with Crippen LogP contribution >= 0.6 is 0 Å². The number of nitrogens with zero attached hydrogens (tertiary/aromatic N) is 4. The van der Waals surface area contributed by atoms with Crippen molar-refractivity contribution in [2.45, 2.75) is 58.7 Å². The van der Waals surface area contributed by atoms with Crippen LogP contribution in [0.15, 0.2) is 18.5 Å². The van der Waals surface area contributed by atoms with E-state index in [1.807, 2.05) is 39.2 Å². The summed E-state index contributed by atoms with van der Waals surface area (Å²) in [6.45, 7) is 8.47. The SMILES string of the molecule is Cc1cnc(N2CCc3cc(C(=O)NC(C)C)c(NCC4CC4)nc3CC2)nc1.O=C(O)C(F)(F)F. The van der Waals surface area contributed by atoms with Crippen LogP contribution in [0.5, 0.6) is 0 Å². The molecule has 0 unspecified atom stereocenters. The molecular formula is C24H31F3N6O3. The topological polar surface area (TPSA) is 120 Å². The molecule has 0 radical (unpaired) electrons. The van der Waals surface area contributed by atoms with Crippen LogP contribution in [0, 0.1) is 12.8 Å². The van der Waals surface area contributed by atoms with Crippen molar-refractivity contribution in [1.29, 1.82) is 0 Å². The maximum Gasteiger partial charge on any atom is 0.490 e. The molecule has 0 spiro atoms. The maximum atomic E-state index is 12.8. The number of carbonyl (C=O) groups excluding carboxylic acids is 1. The second-order valence-electron chi connectivity index (χ2n) is 9.29. The Kier molecular flexibility index (Phi) is 8.70. The van der Waals surface area contributed by atoms with Gasteiger partial charge in [-0.15, -0.1) is 0 Å². The van der Waals surface area contributed by atoms with Gasteiger partial charge in [-0.1, -0.05) is 0 Å². The number of hydrogen-bond acceptors (Lipinski definition) is 7. The Hall–Kier alpha value is -3.44. The lowest BCUT2D eigenvalue weighted by Crippen LogP contribution is -2.31. The molecule has 0 atom stereocenters. The van der Waals surface area contributed by atoms with Gasteiger partial charge in [-0.2, -0.15) is 13.2 Å². The Morgan fingerprint density at radius 1 is 1.17 bits per heavy atom. The van der Waals surface area contributed by atoms with E-state index in [0.29, 0.717) is 17.3 Å². The minimum absolute atomic E-state index is 0.0587. The standard InChI is InChI=1S/C22H30N6O.C2HF3O2/c1-14(2)26-21(29)18-10-17-6-8-28(22-24-11-15(3)12-25-22)9-7-19(17)27-20(18)23-13-16-4-5-16;3-2(4,5)1(6)7/h10-12,14,16H,4-9,13H2,1-3H3,(H,23,27)(H,26,29);(H,6,7). The summed E-state index contributed by atoms with van der Waals surface area (Å²) in [7, 11) is 0. The molecular weight excluding hydrogens is 477 g/mol. The maximum absolute atomic E-state index is 12.8. The number of hydrogen-bond donors (Lipinski definition) is 3. The van der Waals surface area contributed by atoms with Crippen molar-refractivity contribution in [2.24, 2.45) is 5.92 Å². The number of amides is 1. The largest absolute Gasteiger partial charge is 0.490 e. The van der Waals surface area contributed by atoms with Crippen LogP contribution in [0.4, 0.5) is 24.9 Å². The van der Waals surface area contributed by atoms with E-state index in [9.17, 15) is 18.0 Å². The first-order valence-corrected chi connectivity index (χ1v) is 11.8. The van der Waals surface area contributed by atoms with E-state index in [4.69, 9.17) is 14.9 Å². The van der Waals surface area contributed by atoms with E-state index in [1.165, 1.54) is 12.8 Å². The number of carboxylic acids is 1. The Bertz CT molecular complexity index is 1070. The van der Waals surface area contributed by atoms with E-state index in [0.717, 1.165) is 55.2 Å². The smallest absolute Gasteiger partial charge is 0.475 e. The molecule has 12 heteroatoms. The molecule has 36 heavy (non-hydrogen) atoms. The molecule has 4 rings (SSSR count). The van der Waals surface area contributed by atoms with Crippen molar-refractivity contribution in [1.82, 2.24) is 20.3 Å². The molecule has 2 aliphatic rings. The van der Waals surface area contributed by atoms with Crippen LogP contribution in [0.25, 0.3) is 0 Å². The monoisotopic (exact) mass is 508 g/mol. The molecule has 1 amide bonds.